The first kappa shape index (κ1) is 13.0. The lowest BCUT2D eigenvalue weighted by Gasteiger charge is -2.19. The van der Waals surface area contributed by atoms with Gasteiger partial charge >= 0.3 is 6.18 Å². The van der Waals surface area contributed by atoms with Gasteiger partial charge in [-0.2, -0.15) is 13.2 Å². The fourth-order valence-corrected chi connectivity index (χ4v) is 1.86. The molecule has 0 amide bonds. The average molecular weight is 234 g/mol. The molecule has 0 spiro atoms. The summed E-state index contributed by atoms with van der Waals surface area (Å²) in [5.41, 5.74) is -0.653. The molecule has 1 aromatic carbocycles. The molecule has 0 unspecified atom stereocenters. The molecule has 0 aliphatic heterocycles. The van der Waals surface area contributed by atoms with E-state index in [0.717, 1.165) is 18.2 Å². The highest BCUT2D eigenvalue weighted by Crippen LogP contribution is 2.37. The van der Waals surface area contributed by atoms with Gasteiger partial charge in [-0.1, -0.05) is 13.8 Å². The number of benzene rings is 1. The van der Waals surface area contributed by atoms with Crippen molar-refractivity contribution in [3.63, 3.8) is 0 Å². The first-order chi connectivity index (χ1) is 7.40. The third-order valence-electron chi connectivity index (χ3n) is 2.74. The first-order valence-corrected chi connectivity index (χ1v) is 5.26. The Morgan fingerprint density at radius 2 is 1.69 bits per heavy atom. The Hall–Kier alpha value is -1.06. The van der Waals surface area contributed by atoms with Crippen LogP contribution in [0.2, 0.25) is 0 Å². The summed E-state index contributed by atoms with van der Waals surface area (Å²) in [5.74, 6) is -0.859. The van der Waals surface area contributed by atoms with Gasteiger partial charge in [0.1, 0.15) is 5.82 Å². The molecule has 0 aromatic heterocycles. The Bertz CT molecular complexity index is 351. The number of hydrogen-bond donors (Lipinski definition) is 0. The number of rotatable bonds is 3. The van der Waals surface area contributed by atoms with Crippen molar-refractivity contribution in [3.05, 3.63) is 35.1 Å². The summed E-state index contributed by atoms with van der Waals surface area (Å²) < 4.78 is 51.1. The maximum atomic E-state index is 13.0. The summed E-state index contributed by atoms with van der Waals surface area (Å²) >= 11 is 0. The molecule has 0 aliphatic carbocycles. The van der Waals surface area contributed by atoms with E-state index in [2.05, 4.69) is 0 Å². The molecular weight excluding hydrogens is 220 g/mol. The van der Waals surface area contributed by atoms with Crippen molar-refractivity contribution in [2.45, 2.75) is 38.8 Å². The van der Waals surface area contributed by atoms with Gasteiger partial charge in [-0.3, -0.25) is 0 Å². The van der Waals surface area contributed by atoms with Crippen molar-refractivity contribution in [2.24, 2.45) is 0 Å². The van der Waals surface area contributed by atoms with Crippen LogP contribution in [-0.2, 0) is 6.18 Å². The molecule has 1 rings (SSSR count). The van der Waals surface area contributed by atoms with Gasteiger partial charge < -0.3 is 0 Å². The second-order valence-corrected chi connectivity index (χ2v) is 3.74. The van der Waals surface area contributed by atoms with Crippen molar-refractivity contribution in [2.75, 3.05) is 0 Å². The molecular formula is C12H14F4. The third-order valence-corrected chi connectivity index (χ3v) is 2.74. The van der Waals surface area contributed by atoms with E-state index >= 15 is 0 Å². The zero-order valence-electron chi connectivity index (χ0n) is 9.24. The lowest BCUT2D eigenvalue weighted by atomic mass is 9.90. The molecule has 0 nitrogen and oxygen atoms in total. The van der Waals surface area contributed by atoms with Gasteiger partial charge in [0, 0.05) is 0 Å². The zero-order valence-corrected chi connectivity index (χ0v) is 9.24. The highest BCUT2D eigenvalue weighted by Gasteiger charge is 2.34. The zero-order chi connectivity index (χ0) is 12.3. The van der Waals surface area contributed by atoms with E-state index in [4.69, 9.17) is 0 Å². The second-order valence-electron chi connectivity index (χ2n) is 3.74. The summed E-state index contributed by atoms with van der Waals surface area (Å²) in [4.78, 5) is 0. The van der Waals surface area contributed by atoms with Gasteiger partial charge in [0.15, 0.2) is 0 Å². The van der Waals surface area contributed by atoms with Gasteiger partial charge in [-0.25, -0.2) is 4.39 Å². The van der Waals surface area contributed by atoms with Gasteiger partial charge in [0.25, 0.3) is 0 Å². The van der Waals surface area contributed by atoms with E-state index in [1.54, 1.807) is 13.8 Å². The lowest BCUT2D eigenvalue weighted by molar-refractivity contribution is -0.138. The largest absolute Gasteiger partial charge is 0.416 e. The molecule has 1 aromatic rings. The Balaban J connectivity index is 3.28. The quantitative estimate of drug-likeness (QED) is 0.662. The molecule has 0 saturated heterocycles. The number of halogens is 4. The van der Waals surface area contributed by atoms with Crippen LogP contribution < -0.4 is 0 Å². The molecule has 0 heterocycles. The molecule has 0 atom stereocenters. The highest BCUT2D eigenvalue weighted by atomic mass is 19.4. The Kier molecular flexibility index (Phi) is 3.94. The van der Waals surface area contributed by atoms with Crippen LogP contribution in [-0.4, -0.2) is 0 Å². The minimum Gasteiger partial charge on any atom is -0.207 e. The molecule has 16 heavy (non-hydrogen) atoms. The summed E-state index contributed by atoms with van der Waals surface area (Å²) in [6.07, 6.45) is -3.27. The lowest BCUT2D eigenvalue weighted by Crippen LogP contribution is -2.12. The molecule has 0 aliphatic rings. The predicted octanol–water partition coefficient (Wildman–Crippen LogP) is 4.75. The van der Waals surface area contributed by atoms with Crippen LogP contribution in [0.4, 0.5) is 17.6 Å². The van der Waals surface area contributed by atoms with E-state index in [0.29, 0.717) is 12.8 Å². The third kappa shape index (κ3) is 2.74. The van der Waals surface area contributed by atoms with Crippen LogP contribution in [0.5, 0.6) is 0 Å². The predicted molar refractivity (Wildman–Crippen MR) is 54.7 cm³/mol. The van der Waals surface area contributed by atoms with E-state index in [1.165, 1.54) is 0 Å². The van der Waals surface area contributed by atoms with E-state index < -0.39 is 17.6 Å². The van der Waals surface area contributed by atoms with Crippen molar-refractivity contribution >= 4 is 0 Å². The number of hydrogen-bond acceptors (Lipinski definition) is 0. The van der Waals surface area contributed by atoms with Crippen LogP contribution in [0.3, 0.4) is 0 Å². The second kappa shape index (κ2) is 4.85. The molecule has 0 saturated carbocycles. The van der Waals surface area contributed by atoms with Crippen LogP contribution in [0.15, 0.2) is 18.2 Å². The smallest absolute Gasteiger partial charge is 0.207 e. The van der Waals surface area contributed by atoms with Gasteiger partial charge in [0.05, 0.1) is 5.56 Å². The summed E-state index contributed by atoms with van der Waals surface area (Å²) in [5, 5.41) is 0. The van der Waals surface area contributed by atoms with Crippen LogP contribution >= 0.6 is 0 Å². The van der Waals surface area contributed by atoms with Crippen LogP contribution in [0.1, 0.15) is 43.7 Å². The van der Waals surface area contributed by atoms with Crippen LogP contribution in [0.25, 0.3) is 0 Å². The minimum atomic E-state index is -4.41. The van der Waals surface area contributed by atoms with Gasteiger partial charge in [-0.05, 0) is 42.5 Å². The van der Waals surface area contributed by atoms with E-state index in [9.17, 15) is 17.6 Å². The van der Waals surface area contributed by atoms with Crippen molar-refractivity contribution in [1.29, 1.82) is 0 Å². The fraction of sp³-hybridized carbons (Fsp3) is 0.500. The first-order valence-electron chi connectivity index (χ1n) is 5.26. The Morgan fingerprint density at radius 3 is 2.12 bits per heavy atom. The normalized spacial score (nSPS) is 12.2. The minimum absolute atomic E-state index is 0.0671. The molecule has 0 fully saturated rings. The van der Waals surface area contributed by atoms with E-state index in [-0.39, 0.29) is 11.5 Å². The molecule has 0 N–H and O–H groups in total. The maximum absolute atomic E-state index is 13.0. The molecule has 4 heteroatoms. The average Bonchev–Trinajstić information content (AvgIpc) is 2.17. The maximum Gasteiger partial charge on any atom is 0.416 e. The summed E-state index contributed by atoms with van der Waals surface area (Å²) in [6, 6.07) is 2.68. The fourth-order valence-electron chi connectivity index (χ4n) is 1.86. The number of alkyl halides is 3. The summed E-state index contributed by atoms with van der Waals surface area (Å²) in [7, 11) is 0. The standard InChI is InChI=1S/C12H14F4/c1-3-8(4-2)10-7-9(13)5-6-11(10)12(14,15)16/h5-8H,3-4H2,1-2H3. The molecule has 0 bridgehead atoms. The SMILES string of the molecule is CCC(CC)c1cc(F)ccc1C(F)(F)F. The summed E-state index contributed by atoms with van der Waals surface area (Å²) in [6.45, 7) is 3.61. The Morgan fingerprint density at radius 1 is 1.12 bits per heavy atom. The van der Waals surface area contributed by atoms with Crippen molar-refractivity contribution < 1.29 is 17.6 Å². The van der Waals surface area contributed by atoms with Gasteiger partial charge in [0.2, 0.25) is 0 Å². The molecule has 0 radical (unpaired) electrons. The Labute approximate surface area is 92.3 Å². The van der Waals surface area contributed by atoms with Crippen molar-refractivity contribution in [1.82, 2.24) is 0 Å². The monoisotopic (exact) mass is 234 g/mol. The highest BCUT2D eigenvalue weighted by molar-refractivity contribution is 5.33. The topological polar surface area (TPSA) is 0 Å². The van der Waals surface area contributed by atoms with Crippen LogP contribution in [0, 0.1) is 5.82 Å². The van der Waals surface area contributed by atoms with Gasteiger partial charge in [-0.15, -0.1) is 0 Å². The molecule has 90 valence electrons. The van der Waals surface area contributed by atoms with Crippen molar-refractivity contribution in [3.8, 4) is 0 Å². The van der Waals surface area contributed by atoms with E-state index in [1.807, 2.05) is 0 Å².